The zero-order valence-electron chi connectivity index (χ0n) is 18.7. The molecule has 0 saturated carbocycles. The molecule has 0 spiro atoms. The Morgan fingerprint density at radius 2 is 2.09 bits per heavy atom. The Labute approximate surface area is 195 Å². The van der Waals surface area contributed by atoms with Gasteiger partial charge in [-0.1, -0.05) is 36.8 Å². The number of hydrogen-bond donors (Lipinski definition) is 0. The summed E-state index contributed by atoms with van der Waals surface area (Å²) in [6.07, 6.45) is 12.1. The SMILES string of the molecule is CCCc1nccn1-c1ccc(COC2(F)C=CC=C(C3COCCC3OC)C2)cc1.Cl. The first-order valence-electron chi connectivity index (χ1n) is 11.0. The lowest BCUT2D eigenvalue weighted by Gasteiger charge is -2.35. The van der Waals surface area contributed by atoms with Crippen LogP contribution in [0.3, 0.4) is 0 Å². The molecule has 1 saturated heterocycles. The van der Waals surface area contributed by atoms with Crippen LogP contribution in [0.2, 0.25) is 0 Å². The van der Waals surface area contributed by atoms with Crippen molar-refractivity contribution in [3.8, 4) is 5.69 Å². The molecular weight excluding hydrogens is 431 g/mol. The molecule has 174 valence electrons. The van der Waals surface area contributed by atoms with Crippen LogP contribution in [0.25, 0.3) is 5.69 Å². The third-order valence-corrected chi connectivity index (χ3v) is 6.06. The van der Waals surface area contributed by atoms with E-state index in [1.165, 1.54) is 6.08 Å². The lowest BCUT2D eigenvalue weighted by Crippen LogP contribution is -2.38. The van der Waals surface area contributed by atoms with Crippen molar-refractivity contribution in [1.82, 2.24) is 9.55 Å². The Morgan fingerprint density at radius 3 is 2.84 bits per heavy atom. The number of aryl methyl sites for hydroxylation is 1. The Morgan fingerprint density at radius 1 is 1.28 bits per heavy atom. The van der Waals surface area contributed by atoms with Crippen LogP contribution in [0.1, 0.15) is 37.6 Å². The van der Waals surface area contributed by atoms with E-state index in [0.717, 1.165) is 41.9 Å². The van der Waals surface area contributed by atoms with E-state index < -0.39 is 5.85 Å². The number of nitrogens with zero attached hydrogens (tertiary/aromatic N) is 2. The molecule has 1 aromatic heterocycles. The first-order chi connectivity index (χ1) is 15.1. The van der Waals surface area contributed by atoms with Crippen LogP contribution >= 0.6 is 12.4 Å². The van der Waals surface area contributed by atoms with Crippen molar-refractivity contribution in [3.05, 3.63) is 71.8 Å². The lowest BCUT2D eigenvalue weighted by atomic mass is 9.84. The van der Waals surface area contributed by atoms with Crippen LogP contribution in [0.4, 0.5) is 4.39 Å². The lowest BCUT2D eigenvalue weighted by molar-refractivity contribution is -0.121. The second kappa shape index (κ2) is 11.2. The van der Waals surface area contributed by atoms with E-state index in [1.54, 1.807) is 13.2 Å². The highest BCUT2D eigenvalue weighted by Crippen LogP contribution is 2.36. The van der Waals surface area contributed by atoms with Gasteiger partial charge in [-0.25, -0.2) is 9.37 Å². The van der Waals surface area contributed by atoms with Crippen molar-refractivity contribution in [1.29, 1.82) is 0 Å². The summed E-state index contributed by atoms with van der Waals surface area (Å²) >= 11 is 0. The van der Waals surface area contributed by atoms with Crippen molar-refractivity contribution >= 4 is 12.4 Å². The van der Waals surface area contributed by atoms with E-state index in [2.05, 4.69) is 16.5 Å². The minimum Gasteiger partial charge on any atom is -0.381 e. The molecule has 5 nitrogen and oxygen atoms in total. The second-order valence-electron chi connectivity index (χ2n) is 8.23. The molecule has 1 aromatic carbocycles. The topological polar surface area (TPSA) is 45.5 Å². The van der Waals surface area contributed by atoms with Crippen molar-refractivity contribution in [2.75, 3.05) is 20.3 Å². The number of methoxy groups -OCH3 is 1. The summed E-state index contributed by atoms with van der Waals surface area (Å²) in [5, 5.41) is 0. The van der Waals surface area contributed by atoms with Gasteiger partial charge in [-0.3, -0.25) is 0 Å². The number of benzene rings is 1. The van der Waals surface area contributed by atoms with Gasteiger partial charge in [0, 0.05) is 50.6 Å². The molecule has 0 N–H and O–H groups in total. The number of aromatic nitrogens is 2. The molecule has 0 bridgehead atoms. The molecule has 0 amide bonds. The molecule has 2 heterocycles. The van der Waals surface area contributed by atoms with E-state index in [-0.39, 0.29) is 37.5 Å². The maximum absolute atomic E-state index is 15.5. The first kappa shape index (κ1) is 24.6. The van der Waals surface area contributed by atoms with Gasteiger partial charge in [-0.2, -0.15) is 0 Å². The molecule has 4 rings (SSSR count). The zero-order chi connectivity index (χ0) is 21.7. The fourth-order valence-corrected chi connectivity index (χ4v) is 4.35. The standard InChI is InChI=1S/C25H31FN2O3.ClH/c1-3-5-24-27-13-14-28(24)21-9-7-19(8-10-21)17-31-25(26)12-4-6-20(16-25)22-18-30-15-11-23(22)29-2;/h4,6-10,12-14,22-23H,3,5,11,15-18H2,1-2H3;1H. The van der Waals surface area contributed by atoms with Gasteiger partial charge in [0.05, 0.1) is 19.3 Å². The fourth-order valence-electron chi connectivity index (χ4n) is 4.35. The third kappa shape index (κ3) is 5.67. The van der Waals surface area contributed by atoms with E-state index in [4.69, 9.17) is 14.2 Å². The average Bonchev–Trinajstić information content (AvgIpc) is 3.27. The predicted molar refractivity (Wildman–Crippen MR) is 125 cm³/mol. The minimum atomic E-state index is -1.82. The number of alkyl halides is 1. The highest BCUT2D eigenvalue weighted by molar-refractivity contribution is 5.85. The largest absolute Gasteiger partial charge is 0.381 e. The molecule has 1 aliphatic carbocycles. The molecule has 1 aliphatic heterocycles. The highest BCUT2D eigenvalue weighted by Gasteiger charge is 2.37. The number of imidazole rings is 1. The predicted octanol–water partition coefficient (Wildman–Crippen LogP) is 5.37. The molecule has 32 heavy (non-hydrogen) atoms. The fraction of sp³-hybridized carbons (Fsp3) is 0.480. The highest BCUT2D eigenvalue weighted by atomic mass is 35.5. The summed E-state index contributed by atoms with van der Waals surface area (Å²) in [6, 6.07) is 8.01. The van der Waals surface area contributed by atoms with Gasteiger partial charge >= 0.3 is 0 Å². The maximum Gasteiger partial charge on any atom is 0.232 e. The van der Waals surface area contributed by atoms with E-state index >= 15 is 4.39 Å². The maximum atomic E-state index is 15.5. The quantitative estimate of drug-likeness (QED) is 0.529. The van der Waals surface area contributed by atoms with Crippen molar-refractivity contribution in [3.63, 3.8) is 0 Å². The second-order valence-corrected chi connectivity index (χ2v) is 8.23. The van der Waals surface area contributed by atoms with Crippen LogP contribution in [0, 0.1) is 5.92 Å². The summed E-state index contributed by atoms with van der Waals surface area (Å²) in [5.41, 5.74) is 2.96. The van der Waals surface area contributed by atoms with Crippen molar-refractivity contribution < 1.29 is 18.6 Å². The van der Waals surface area contributed by atoms with Crippen molar-refractivity contribution in [2.24, 2.45) is 5.92 Å². The monoisotopic (exact) mass is 462 g/mol. The third-order valence-electron chi connectivity index (χ3n) is 6.06. The number of allylic oxidation sites excluding steroid dienone is 2. The molecular formula is C25H32ClFN2O3. The zero-order valence-corrected chi connectivity index (χ0v) is 19.5. The average molecular weight is 463 g/mol. The van der Waals surface area contributed by atoms with Crippen LogP contribution in [-0.2, 0) is 27.2 Å². The molecule has 0 radical (unpaired) electrons. The Kier molecular flexibility index (Phi) is 8.65. The molecule has 7 heteroatoms. The summed E-state index contributed by atoms with van der Waals surface area (Å²) < 4.78 is 34.5. The molecule has 1 fully saturated rings. The van der Waals surface area contributed by atoms with Gasteiger partial charge in [0.2, 0.25) is 5.85 Å². The molecule has 2 aliphatic rings. The Bertz CT molecular complexity index is 928. The smallest absolute Gasteiger partial charge is 0.232 e. The van der Waals surface area contributed by atoms with Gasteiger partial charge in [-0.05, 0) is 36.6 Å². The molecule has 3 unspecified atom stereocenters. The van der Waals surface area contributed by atoms with Crippen LogP contribution < -0.4 is 0 Å². The number of hydrogen-bond acceptors (Lipinski definition) is 4. The summed E-state index contributed by atoms with van der Waals surface area (Å²) in [4.78, 5) is 4.43. The van der Waals surface area contributed by atoms with Gasteiger partial charge in [0.1, 0.15) is 5.82 Å². The van der Waals surface area contributed by atoms with Gasteiger partial charge in [-0.15, -0.1) is 12.4 Å². The number of rotatable bonds is 8. The van der Waals surface area contributed by atoms with E-state index in [0.29, 0.717) is 13.2 Å². The number of ether oxygens (including phenoxy) is 3. The van der Waals surface area contributed by atoms with Crippen LogP contribution in [0.15, 0.2) is 60.5 Å². The van der Waals surface area contributed by atoms with E-state index in [1.807, 2.05) is 42.7 Å². The van der Waals surface area contributed by atoms with Gasteiger partial charge < -0.3 is 18.8 Å². The summed E-state index contributed by atoms with van der Waals surface area (Å²) in [7, 11) is 1.71. The van der Waals surface area contributed by atoms with Gasteiger partial charge in [0.25, 0.3) is 0 Å². The van der Waals surface area contributed by atoms with Gasteiger partial charge in [0.15, 0.2) is 0 Å². The summed E-state index contributed by atoms with van der Waals surface area (Å²) in [6.45, 7) is 3.59. The summed E-state index contributed by atoms with van der Waals surface area (Å²) in [5.74, 6) is -0.715. The first-order valence-corrected chi connectivity index (χ1v) is 11.0. The number of halogens is 2. The minimum absolute atomic E-state index is 0. The molecule has 2 aromatic rings. The van der Waals surface area contributed by atoms with E-state index in [9.17, 15) is 0 Å². The Balaban J connectivity index is 0.00000289. The van der Waals surface area contributed by atoms with Crippen molar-refractivity contribution in [2.45, 2.75) is 51.2 Å². The normalized spacial score (nSPS) is 25.3. The van der Waals surface area contributed by atoms with Crippen LogP contribution in [0.5, 0.6) is 0 Å². The molecule has 3 atom stereocenters. The Hall–Kier alpha value is -1.99. The van der Waals surface area contributed by atoms with Crippen LogP contribution in [-0.4, -0.2) is 41.8 Å².